The first-order valence-corrected chi connectivity index (χ1v) is 14.3. The standard InChI is InChI=1S/C27H31N3O3S2/c1-29(2)27(31)22-11-9-20(10-12-22)26(23-6-4-7-24(18-23)28-35(3,32)33)21-13-15-30(16-14-21)19-25-8-5-17-34-25/h4-12,17-18,28H,13-16,19H2,1-3H3. The lowest BCUT2D eigenvalue weighted by molar-refractivity contribution is 0.0827. The molecule has 0 unspecified atom stereocenters. The van der Waals surface area contributed by atoms with Crippen molar-refractivity contribution in [3.05, 3.63) is 93.2 Å². The molecular formula is C27H31N3O3S2. The van der Waals surface area contributed by atoms with Crippen LogP contribution in [0.15, 0.2) is 71.6 Å². The number of carbonyl (C=O) groups excluding carboxylic acids is 1. The number of carbonyl (C=O) groups is 1. The van der Waals surface area contributed by atoms with Crippen LogP contribution in [0.1, 0.15) is 39.2 Å². The summed E-state index contributed by atoms with van der Waals surface area (Å²) in [6, 6.07) is 19.5. The third-order valence-corrected chi connectivity index (χ3v) is 7.52. The fourth-order valence-corrected chi connectivity index (χ4v) is 5.72. The number of likely N-dealkylation sites (tertiary alicyclic amines) is 1. The van der Waals surface area contributed by atoms with Crippen molar-refractivity contribution in [2.45, 2.75) is 19.4 Å². The Labute approximate surface area is 211 Å². The Hall–Kier alpha value is -2.94. The summed E-state index contributed by atoms with van der Waals surface area (Å²) in [5.41, 5.74) is 5.63. The summed E-state index contributed by atoms with van der Waals surface area (Å²) in [5.74, 6) is -0.0352. The van der Waals surface area contributed by atoms with Gasteiger partial charge in [-0.1, -0.05) is 35.9 Å². The molecular weight excluding hydrogens is 478 g/mol. The molecule has 1 fully saturated rings. The number of benzene rings is 2. The van der Waals surface area contributed by atoms with Gasteiger partial charge in [0.25, 0.3) is 5.91 Å². The Kier molecular flexibility index (Phi) is 7.74. The Balaban J connectivity index is 1.68. The van der Waals surface area contributed by atoms with Gasteiger partial charge in [-0.2, -0.15) is 0 Å². The molecule has 0 radical (unpaired) electrons. The Morgan fingerprint density at radius 2 is 1.66 bits per heavy atom. The van der Waals surface area contributed by atoms with E-state index in [0.717, 1.165) is 55.4 Å². The molecule has 1 saturated heterocycles. The molecule has 0 saturated carbocycles. The highest BCUT2D eigenvalue weighted by molar-refractivity contribution is 7.92. The molecule has 0 atom stereocenters. The first kappa shape index (κ1) is 25.2. The molecule has 1 N–H and O–H groups in total. The van der Waals surface area contributed by atoms with E-state index >= 15 is 0 Å². The molecule has 184 valence electrons. The summed E-state index contributed by atoms with van der Waals surface area (Å²) in [7, 11) is 0.109. The van der Waals surface area contributed by atoms with Crippen molar-refractivity contribution in [1.82, 2.24) is 9.80 Å². The number of hydrogen-bond donors (Lipinski definition) is 1. The van der Waals surface area contributed by atoms with Gasteiger partial charge < -0.3 is 4.90 Å². The maximum Gasteiger partial charge on any atom is 0.253 e. The lowest BCUT2D eigenvalue weighted by atomic mass is 9.88. The average molecular weight is 510 g/mol. The van der Waals surface area contributed by atoms with Crippen molar-refractivity contribution in [1.29, 1.82) is 0 Å². The van der Waals surface area contributed by atoms with E-state index in [1.54, 1.807) is 36.4 Å². The van der Waals surface area contributed by atoms with E-state index in [1.165, 1.54) is 10.5 Å². The van der Waals surface area contributed by atoms with Crippen LogP contribution in [0.2, 0.25) is 0 Å². The van der Waals surface area contributed by atoms with E-state index in [-0.39, 0.29) is 5.91 Å². The minimum Gasteiger partial charge on any atom is -0.345 e. The van der Waals surface area contributed by atoms with Crippen molar-refractivity contribution in [3.8, 4) is 0 Å². The first-order chi connectivity index (χ1) is 16.7. The number of nitrogens with one attached hydrogen (secondary N) is 1. The Morgan fingerprint density at radius 1 is 0.971 bits per heavy atom. The summed E-state index contributed by atoms with van der Waals surface area (Å²) in [6.07, 6.45) is 3.02. The van der Waals surface area contributed by atoms with Gasteiger partial charge in [0.05, 0.1) is 6.26 Å². The van der Waals surface area contributed by atoms with E-state index in [0.29, 0.717) is 11.3 Å². The highest BCUT2D eigenvalue weighted by Gasteiger charge is 2.20. The van der Waals surface area contributed by atoms with Crippen molar-refractivity contribution in [3.63, 3.8) is 0 Å². The zero-order chi connectivity index (χ0) is 25.0. The number of hydrogen-bond acceptors (Lipinski definition) is 5. The van der Waals surface area contributed by atoms with Gasteiger partial charge in [0.15, 0.2) is 0 Å². The van der Waals surface area contributed by atoms with Crippen LogP contribution >= 0.6 is 11.3 Å². The lowest BCUT2D eigenvalue weighted by Gasteiger charge is -2.30. The molecule has 6 nitrogen and oxygen atoms in total. The average Bonchev–Trinajstić information content (AvgIpc) is 3.32. The van der Waals surface area contributed by atoms with Gasteiger partial charge in [0.1, 0.15) is 0 Å². The number of amides is 1. The molecule has 1 aliphatic rings. The molecule has 8 heteroatoms. The summed E-state index contributed by atoms with van der Waals surface area (Å²) in [6.45, 7) is 2.90. The fourth-order valence-electron chi connectivity index (χ4n) is 4.42. The number of piperidine rings is 1. The van der Waals surface area contributed by atoms with E-state index in [4.69, 9.17) is 0 Å². The maximum atomic E-state index is 12.4. The number of nitrogens with zero attached hydrogens (tertiary/aromatic N) is 2. The summed E-state index contributed by atoms with van der Waals surface area (Å²) in [4.78, 5) is 17.8. The normalized spacial score (nSPS) is 14.5. The maximum absolute atomic E-state index is 12.4. The lowest BCUT2D eigenvalue weighted by Crippen LogP contribution is -2.30. The van der Waals surface area contributed by atoms with Crippen molar-refractivity contribution in [2.24, 2.45) is 0 Å². The molecule has 1 aliphatic heterocycles. The van der Waals surface area contributed by atoms with Gasteiger partial charge in [-0.25, -0.2) is 8.42 Å². The van der Waals surface area contributed by atoms with E-state index in [2.05, 4.69) is 27.1 Å². The molecule has 35 heavy (non-hydrogen) atoms. The van der Waals surface area contributed by atoms with Crippen LogP contribution in [0.25, 0.3) is 5.57 Å². The van der Waals surface area contributed by atoms with Crippen molar-refractivity contribution < 1.29 is 13.2 Å². The third-order valence-electron chi connectivity index (χ3n) is 6.05. The number of sulfonamides is 1. The molecule has 2 heterocycles. The Bertz CT molecular complexity index is 1300. The topological polar surface area (TPSA) is 69.7 Å². The quantitative estimate of drug-likeness (QED) is 0.491. The molecule has 2 aromatic carbocycles. The highest BCUT2D eigenvalue weighted by Crippen LogP contribution is 2.34. The van der Waals surface area contributed by atoms with Crippen LogP contribution in [0.4, 0.5) is 5.69 Å². The summed E-state index contributed by atoms with van der Waals surface area (Å²) < 4.78 is 26.2. The fraction of sp³-hybridized carbons (Fsp3) is 0.296. The third kappa shape index (κ3) is 6.60. The van der Waals surface area contributed by atoms with E-state index < -0.39 is 10.0 Å². The molecule has 0 bridgehead atoms. The minimum absolute atomic E-state index is 0.0352. The number of thiophene rings is 1. The molecule has 0 spiro atoms. The van der Waals surface area contributed by atoms with Crippen LogP contribution in [-0.2, 0) is 16.6 Å². The van der Waals surface area contributed by atoms with E-state index in [1.807, 2.05) is 42.5 Å². The molecule has 0 aliphatic carbocycles. The second kappa shape index (κ2) is 10.8. The van der Waals surface area contributed by atoms with Gasteiger partial charge in [-0.15, -0.1) is 11.3 Å². The second-order valence-electron chi connectivity index (χ2n) is 9.07. The number of anilines is 1. The van der Waals surface area contributed by atoms with Gasteiger partial charge in [0.2, 0.25) is 10.0 Å². The molecule has 3 aromatic rings. The van der Waals surface area contributed by atoms with Gasteiger partial charge >= 0.3 is 0 Å². The first-order valence-electron chi connectivity index (χ1n) is 11.6. The minimum atomic E-state index is -3.38. The monoisotopic (exact) mass is 509 g/mol. The van der Waals surface area contributed by atoms with Gasteiger partial charge in [-0.05, 0) is 65.3 Å². The largest absolute Gasteiger partial charge is 0.345 e. The summed E-state index contributed by atoms with van der Waals surface area (Å²) >= 11 is 1.79. The predicted molar refractivity (Wildman–Crippen MR) is 144 cm³/mol. The predicted octanol–water partition coefficient (Wildman–Crippen LogP) is 4.92. The van der Waals surface area contributed by atoms with Crippen molar-refractivity contribution in [2.75, 3.05) is 38.2 Å². The van der Waals surface area contributed by atoms with Crippen LogP contribution in [0, 0.1) is 0 Å². The van der Waals surface area contributed by atoms with Crippen LogP contribution in [-0.4, -0.2) is 57.6 Å². The van der Waals surface area contributed by atoms with Crippen LogP contribution in [0.3, 0.4) is 0 Å². The SMILES string of the molecule is CN(C)C(=O)c1ccc(C(=C2CCN(Cc3cccs3)CC2)c2cccc(NS(C)(=O)=O)c2)cc1. The van der Waals surface area contributed by atoms with Crippen LogP contribution in [0.5, 0.6) is 0 Å². The Morgan fingerprint density at radius 3 is 2.26 bits per heavy atom. The number of rotatable bonds is 7. The zero-order valence-corrected chi connectivity index (χ0v) is 22.0. The zero-order valence-electron chi connectivity index (χ0n) is 20.3. The molecule has 4 rings (SSSR count). The molecule has 1 aromatic heterocycles. The van der Waals surface area contributed by atoms with Gasteiger partial charge in [0, 0.05) is 49.9 Å². The van der Waals surface area contributed by atoms with E-state index in [9.17, 15) is 13.2 Å². The highest BCUT2D eigenvalue weighted by atomic mass is 32.2. The van der Waals surface area contributed by atoms with Crippen molar-refractivity contribution >= 4 is 38.5 Å². The van der Waals surface area contributed by atoms with Crippen LogP contribution < -0.4 is 4.72 Å². The smallest absolute Gasteiger partial charge is 0.253 e. The van der Waals surface area contributed by atoms with Gasteiger partial charge in [-0.3, -0.25) is 14.4 Å². The second-order valence-corrected chi connectivity index (χ2v) is 11.8. The summed E-state index contributed by atoms with van der Waals surface area (Å²) in [5, 5.41) is 2.12. The molecule has 1 amide bonds.